The third-order valence-electron chi connectivity index (χ3n) is 6.26. The fraction of sp³-hybridized carbons (Fsp3) is 0.409. The van der Waals surface area contributed by atoms with Crippen LogP contribution in [0.15, 0.2) is 23.3 Å². The largest absolute Gasteiger partial charge is 0.344 e. The van der Waals surface area contributed by atoms with Crippen molar-refractivity contribution in [1.29, 1.82) is 0 Å². The molecule has 2 amide bonds. The van der Waals surface area contributed by atoms with E-state index < -0.39 is 5.66 Å². The minimum atomic E-state index is -0.654. The highest BCUT2D eigenvalue weighted by Crippen LogP contribution is 2.38. The Hall–Kier alpha value is -2.98. The number of hydrogen-bond acceptors (Lipinski definition) is 7. The van der Waals surface area contributed by atoms with Crippen LogP contribution in [0.1, 0.15) is 57.8 Å². The number of carbonyl (C=O) groups excluding carboxylic acids is 2. The molecule has 1 fully saturated rings. The van der Waals surface area contributed by atoms with E-state index in [2.05, 4.69) is 20.6 Å². The summed E-state index contributed by atoms with van der Waals surface area (Å²) in [7, 11) is 3.39. The van der Waals surface area contributed by atoms with Gasteiger partial charge in [0.15, 0.2) is 0 Å². The average Bonchev–Trinajstić information content (AvgIpc) is 3.31. The van der Waals surface area contributed by atoms with E-state index in [1.807, 2.05) is 6.92 Å². The van der Waals surface area contributed by atoms with Crippen molar-refractivity contribution in [3.8, 4) is 0 Å². The number of pyridine rings is 1. The molecular weight excluding hydrogens is 464 g/mol. The van der Waals surface area contributed by atoms with Crippen molar-refractivity contribution >= 4 is 57.3 Å². The van der Waals surface area contributed by atoms with E-state index >= 15 is 0 Å². The van der Waals surface area contributed by atoms with Gasteiger partial charge in [-0.2, -0.15) is 0 Å². The summed E-state index contributed by atoms with van der Waals surface area (Å²) in [5.41, 5.74) is 0.603. The maximum atomic E-state index is 13.6. The lowest BCUT2D eigenvalue weighted by atomic mass is 9.89. The zero-order valence-corrected chi connectivity index (χ0v) is 20.2. The van der Waals surface area contributed by atoms with Gasteiger partial charge in [-0.3, -0.25) is 19.0 Å². The van der Waals surface area contributed by atoms with Crippen molar-refractivity contribution in [2.75, 3.05) is 19.4 Å². The fourth-order valence-corrected chi connectivity index (χ4v) is 5.76. The number of hydrogen-bond donors (Lipinski definition) is 2. The van der Waals surface area contributed by atoms with Crippen LogP contribution in [0.5, 0.6) is 0 Å². The summed E-state index contributed by atoms with van der Waals surface area (Å²) < 4.78 is 1.65. The first kappa shape index (κ1) is 23.2. The number of rotatable bonds is 3. The van der Waals surface area contributed by atoms with E-state index in [4.69, 9.17) is 0 Å². The predicted octanol–water partition coefficient (Wildman–Crippen LogP) is 3.39. The number of anilines is 2. The SMILES string of the molecule is Cc1cc(Nc2ncnc3sc(C(=O)N(C)C)cc23)c(=O)n2c1C(=O)NC21CCCCC1.Cl. The molecule has 33 heavy (non-hydrogen) atoms. The molecule has 5 rings (SSSR count). The standard InChI is InChI=1S/C22H24N6O3S.ClH/c1-12-9-14(20(30)28-16(12)18(29)26-22(28)7-5-4-6-8-22)25-17-13-10-15(21(31)27(2)3)32-19(13)24-11-23-17;/h9-11H,4-8H2,1-3H3,(H,26,29)(H,23,24,25);1H. The number of carbonyl (C=O) groups is 2. The molecule has 0 saturated heterocycles. The van der Waals surface area contributed by atoms with Gasteiger partial charge in [0, 0.05) is 14.1 Å². The number of nitrogens with one attached hydrogen (secondary N) is 2. The first-order valence-corrected chi connectivity index (χ1v) is 11.5. The minimum absolute atomic E-state index is 0. The molecule has 0 unspecified atom stereocenters. The second-order valence-corrected chi connectivity index (χ2v) is 9.68. The molecule has 4 heterocycles. The van der Waals surface area contributed by atoms with Crippen molar-refractivity contribution in [3.63, 3.8) is 0 Å². The van der Waals surface area contributed by atoms with Gasteiger partial charge in [-0.25, -0.2) is 9.97 Å². The summed E-state index contributed by atoms with van der Waals surface area (Å²) in [5.74, 6) is 0.148. The molecule has 174 valence electrons. The van der Waals surface area contributed by atoms with Crippen molar-refractivity contribution < 1.29 is 9.59 Å². The molecule has 1 aliphatic heterocycles. The van der Waals surface area contributed by atoms with Crippen LogP contribution in [0.25, 0.3) is 10.2 Å². The van der Waals surface area contributed by atoms with Crippen LogP contribution in [0, 0.1) is 6.92 Å². The smallest absolute Gasteiger partial charge is 0.276 e. The lowest BCUT2D eigenvalue weighted by Gasteiger charge is -2.35. The molecular formula is C22H25ClN6O3S. The van der Waals surface area contributed by atoms with Crippen molar-refractivity contribution in [2.24, 2.45) is 0 Å². The number of halogens is 1. The third kappa shape index (κ3) is 3.67. The van der Waals surface area contributed by atoms with Crippen LogP contribution in [-0.4, -0.2) is 45.3 Å². The maximum Gasteiger partial charge on any atom is 0.276 e. The second kappa shape index (κ2) is 8.42. The summed E-state index contributed by atoms with van der Waals surface area (Å²) in [6.45, 7) is 1.84. The monoisotopic (exact) mass is 488 g/mol. The summed E-state index contributed by atoms with van der Waals surface area (Å²) >= 11 is 1.28. The first-order chi connectivity index (χ1) is 15.3. The molecule has 2 aliphatic rings. The summed E-state index contributed by atoms with van der Waals surface area (Å²) in [5, 5.41) is 6.93. The molecule has 3 aromatic rings. The van der Waals surface area contributed by atoms with E-state index in [1.165, 1.54) is 22.6 Å². The minimum Gasteiger partial charge on any atom is -0.344 e. The zero-order chi connectivity index (χ0) is 22.6. The van der Waals surface area contributed by atoms with Crippen LogP contribution in [0.3, 0.4) is 0 Å². The molecule has 1 saturated carbocycles. The van der Waals surface area contributed by atoms with Gasteiger partial charge in [0.1, 0.15) is 34.0 Å². The Balaban J connectivity index is 0.00000259. The normalized spacial score (nSPS) is 16.3. The van der Waals surface area contributed by atoms with Crippen LogP contribution < -0.4 is 16.2 Å². The Labute approximate surface area is 200 Å². The van der Waals surface area contributed by atoms with E-state index in [0.717, 1.165) is 37.7 Å². The van der Waals surface area contributed by atoms with Gasteiger partial charge in [0.2, 0.25) is 0 Å². The van der Waals surface area contributed by atoms with Crippen LogP contribution in [0.4, 0.5) is 11.5 Å². The average molecular weight is 489 g/mol. The molecule has 0 aromatic carbocycles. The topological polar surface area (TPSA) is 109 Å². The number of aryl methyl sites for hydroxylation is 1. The fourth-order valence-electron chi connectivity index (χ4n) is 4.74. The van der Waals surface area contributed by atoms with Crippen molar-refractivity contribution in [1.82, 2.24) is 24.8 Å². The summed E-state index contributed by atoms with van der Waals surface area (Å²) in [6.07, 6.45) is 5.93. The molecule has 3 aromatic heterocycles. The van der Waals surface area contributed by atoms with E-state index in [1.54, 1.807) is 30.8 Å². The predicted molar refractivity (Wildman–Crippen MR) is 130 cm³/mol. The number of fused-ring (bicyclic) bond motifs is 3. The highest BCUT2D eigenvalue weighted by molar-refractivity contribution is 7.20. The van der Waals surface area contributed by atoms with Crippen molar-refractivity contribution in [3.05, 3.63) is 44.9 Å². The van der Waals surface area contributed by atoms with E-state index in [9.17, 15) is 14.4 Å². The van der Waals surface area contributed by atoms with Gasteiger partial charge in [-0.15, -0.1) is 23.7 Å². The first-order valence-electron chi connectivity index (χ1n) is 10.6. The number of amides is 2. The molecule has 0 atom stereocenters. The molecule has 1 aliphatic carbocycles. The molecule has 1 spiro atoms. The molecule has 2 N–H and O–H groups in total. The second-order valence-electron chi connectivity index (χ2n) is 8.65. The Morgan fingerprint density at radius 3 is 2.61 bits per heavy atom. The molecule has 11 heteroatoms. The van der Waals surface area contributed by atoms with Gasteiger partial charge in [0.25, 0.3) is 17.4 Å². The summed E-state index contributed by atoms with van der Waals surface area (Å²) in [6, 6.07) is 3.44. The molecule has 0 bridgehead atoms. The Bertz CT molecular complexity index is 1330. The Morgan fingerprint density at radius 1 is 1.18 bits per heavy atom. The number of thiophene rings is 1. The van der Waals surface area contributed by atoms with Gasteiger partial charge < -0.3 is 15.5 Å². The molecule has 9 nitrogen and oxygen atoms in total. The van der Waals surface area contributed by atoms with Gasteiger partial charge in [-0.1, -0.05) is 6.42 Å². The molecule has 0 radical (unpaired) electrons. The van der Waals surface area contributed by atoms with Crippen LogP contribution in [-0.2, 0) is 5.66 Å². The number of aromatic nitrogens is 3. The lowest BCUT2D eigenvalue weighted by molar-refractivity contribution is 0.0831. The van der Waals surface area contributed by atoms with Gasteiger partial charge in [-0.05, 0) is 50.3 Å². The summed E-state index contributed by atoms with van der Waals surface area (Å²) in [4.78, 5) is 50.0. The zero-order valence-electron chi connectivity index (χ0n) is 18.6. The van der Waals surface area contributed by atoms with Gasteiger partial charge >= 0.3 is 0 Å². The van der Waals surface area contributed by atoms with Crippen molar-refractivity contribution in [2.45, 2.75) is 44.7 Å². The van der Waals surface area contributed by atoms with E-state index in [0.29, 0.717) is 32.3 Å². The quantitative estimate of drug-likeness (QED) is 0.585. The highest BCUT2D eigenvalue weighted by atomic mass is 35.5. The number of nitrogens with zero attached hydrogens (tertiary/aromatic N) is 4. The van der Waals surface area contributed by atoms with Gasteiger partial charge in [0.05, 0.1) is 10.3 Å². The van der Waals surface area contributed by atoms with Crippen LogP contribution >= 0.6 is 23.7 Å². The van der Waals surface area contributed by atoms with Crippen LogP contribution in [0.2, 0.25) is 0 Å². The Morgan fingerprint density at radius 2 is 1.91 bits per heavy atom. The lowest BCUT2D eigenvalue weighted by Crippen LogP contribution is -2.48. The Kier molecular flexibility index (Phi) is 5.92. The third-order valence-corrected chi connectivity index (χ3v) is 7.29. The van der Waals surface area contributed by atoms with E-state index in [-0.39, 0.29) is 29.8 Å². The highest BCUT2D eigenvalue weighted by Gasteiger charge is 2.45. The maximum absolute atomic E-state index is 13.6.